The van der Waals surface area contributed by atoms with Gasteiger partial charge < -0.3 is 10.0 Å². The van der Waals surface area contributed by atoms with E-state index in [-0.39, 0.29) is 32.7 Å². The number of aliphatic carboxylic acids is 1. The number of alkyl halides is 6. The van der Waals surface area contributed by atoms with Crippen LogP contribution in [0, 0.1) is 5.92 Å². The first kappa shape index (κ1) is 17.5. The fraction of sp³-hybridized carbons (Fsp3) is 0.800. The van der Waals surface area contributed by atoms with Crippen molar-refractivity contribution >= 4 is 11.9 Å². The van der Waals surface area contributed by atoms with Crippen molar-refractivity contribution in [2.75, 3.05) is 32.7 Å². The Labute approximate surface area is 115 Å². The van der Waals surface area contributed by atoms with E-state index in [2.05, 4.69) is 0 Å². The molecule has 0 radical (unpaired) electrons. The Morgan fingerprint density at radius 3 is 1.71 bits per heavy atom. The minimum Gasteiger partial charge on any atom is -0.480 e. The van der Waals surface area contributed by atoms with Crippen molar-refractivity contribution in [1.82, 2.24) is 9.80 Å². The van der Waals surface area contributed by atoms with Crippen LogP contribution in [0.5, 0.6) is 0 Å². The summed E-state index contributed by atoms with van der Waals surface area (Å²) in [7, 11) is 0. The van der Waals surface area contributed by atoms with E-state index >= 15 is 0 Å². The molecule has 0 aromatic carbocycles. The third-order valence-corrected chi connectivity index (χ3v) is 2.94. The number of carbonyl (C=O) groups excluding carboxylic acids is 1. The van der Waals surface area contributed by atoms with Crippen molar-refractivity contribution in [2.24, 2.45) is 5.92 Å². The molecule has 0 atom stereocenters. The van der Waals surface area contributed by atoms with Gasteiger partial charge in [-0.3, -0.25) is 14.5 Å². The predicted molar refractivity (Wildman–Crippen MR) is 56.3 cm³/mol. The number of halogens is 6. The molecule has 11 heteroatoms. The Kier molecular flexibility index (Phi) is 5.07. The molecule has 0 unspecified atom stereocenters. The molecule has 0 aromatic heterocycles. The first-order chi connectivity index (χ1) is 9.43. The number of hydrogen-bond donors (Lipinski definition) is 1. The number of hydrogen-bond acceptors (Lipinski definition) is 3. The zero-order valence-corrected chi connectivity index (χ0v) is 10.5. The van der Waals surface area contributed by atoms with E-state index in [4.69, 9.17) is 5.11 Å². The van der Waals surface area contributed by atoms with Gasteiger partial charge in [0.2, 0.25) is 11.8 Å². The van der Waals surface area contributed by atoms with E-state index in [0.717, 1.165) is 0 Å². The first-order valence-corrected chi connectivity index (χ1v) is 5.79. The summed E-state index contributed by atoms with van der Waals surface area (Å²) in [6, 6.07) is 0. The highest BCUT2D eigenvalue weighted by Gasteiger charge is 2.62. The topological polar surface area (TPSA) is 60.9 Å². The second-order valence-corrected chi connectivity index (χ2v) is 4.51. The van der Waals surface area contributed by atoms with Gasteiger partial charge in [-0.1, -0.05) is 0 Å². The normalized spacial score (nSPS) is 18.1. The lowest BCUT2D eigenvalue weighted by atomic mass is 10.1. The number of carboxylic acids is 1. The van der Waals surface area contributed by atoms with Crippen LogP contribution < -0.4 is 0 Å². The van der Waals surface area contributed by atoms with Gasteiger partial charge >= 0.3 is 18.3 Å². The number of rotatable bonds is 3. The zero-order chi connectivity index (χ0) is 16.4. The number of piperazine rings is 1. The van der Waals surface area contributed by atoms with Gasteiger partial charge in [0.15, 0.2) is 0 Å². The minimum atomic E-state index is -5.71. The van der Waals surface area contributed by atoms with Crippen molar-refractivity contribution in [1.29, 1.82) is 0 Å². The second kappa shape index (κ2) is 6.08. The summed E-state index contributed by atoms with van der Waals surface area (Å²) in [4.78, 5) is 23.7. The van der Waals surface area contributed by atoms with Crippen LogP contribution in [-0.2, 0) is 9.59 Å². The van der Waals surface area contributed by atoms with Crippen LogP contribution >= 0.6 is 0 Å². The lowest BCUT2D eigenvalue weighted by molar-refractivity contribution is -0.277. The number of carbonyl (C=O) groups is 2. The van der Waals surface area contributed by atoms with Crippen LogP contribution in [0.25, 0.3) is 0 Å². The molecule has 1 rings (SSSR count). The maximum absolute atomic E-state index is 12.4. The molecule has 5 nitrogen and oxygen atoms in total. The van der Waals surface area contributed by atoms with Gasteiger partial charge in [0.1, 0.15) is 0 Å². The standard InChI is InChI=1S/C10H12F6N2O3/c11-9(12,13)7(10(14,15)16)8(21)18-3-1-17(2-4-18)5-6(19)20/h7H,1-5H2,(H,19,20). The average Bonchev–Trinajstić information content (AvgIpc) is 2.24. The van der Waals surface area contributed by atoms with Crippen molar-refractivity contribution in [3.63, 3.8) is 0 Å². The molecule has 1 N–H and O–H groups in total. The SMILES string of the molecule is O=C(O)CN1CCN(C(=O)C(C(F)(F)F)C(F)(F)F)CC1. The van der Waals surface area contributed by atoms with Gasteiger partial charge in [0.25, 0.3) is 0 Å². The summed E-state index contributed by atoms with van der Waals surface area (Å²) >= 11 is 0. The molecular formula is C10H12F6N2O3. The summed E-state index contributed by atoms with van der Waals surface area (Å²) in [6.45, 7) is -1.34. The first-order valence-electron chi connectivity index (χ1n) is 5.79. The molecule has 0 aromatic rings. The van der Waals surface area contributed by atoms with Crippen molar-refractivity contribution < 1.29 is 41.0 Å². The van der Waals surface area contributed by atoms with Crippen LogP contribution in [-0.4, -0.2) is 71.9 Å². The second-order valence-electron chi connectivity index (χ2n) is 4.51. The van der Waals surface area contributed by atoms with Crippen LogP contribution in [0.1, 0.15) is 0 Å². The molecule has 0 bridgehead atoms. The Hall–Kier alpha value is -1.52. The Morgan fingerprint density at radius 1 is 0.952 bits per heavy atom. The fourth-order valence-corrected chi connectivity index (χ4v) is 1.97. The number of carboxylic acid groups (broad SMARTS) is 1. The number of amides is 1. The van der Waals surface area contributed by atoms with E-state index in [0.29, 0.717) is 4.90 Å². The molecule has 1 aliphatic heterocycles. The molecule has 1 heterocycles. The summed E-state index contributed by atoms with van der Waals surface area (Å²) in [6.07, 6.45) is -11.4. The predicted octanol–water partition coefficient (Wildman–Crippen LogP) is 0.956. The maximum atomic E-state index is 12.4. The van der Waals surface area contributed by atoms with E-state index in [9.17, 15) is 35.9 Å². The molecule has 0 spiro atoms. The Bertz CT molecular complexity index is 387. The highest BCUT2D eigenvalue weighted by Crippen LogP contribution is 2.40. The van der Waals surface area contributed by atoms with Crippen molar-refractivity contribution in [3.05, 3.63) is 0 Å². The number of nitrogens with zero attached hydrogens (tertiary/aromatic N) is 2. The maximum Gasteiger partial charge on any atom is 0.409 e. The van der Waals surface area contributed by atoms with Gasteiger partial charge in [-0.25, -0.2) is 0 Å². The van der Waals surface area contributed by atoms with Gasteiger partial charge in [0.05, 0.1) is 6.54 Å². The van der Waals surface area contributed by atoms with Crippen LogP contribution in [0.3, 0.4) is 0 Å². The fourth-order valence-electron chi connectivity index (χ4n) is 1.97. The highest BCUT2D eigenvalue weighted by atomic mass is 19.4. The molecule has 1 aliphatic rings. The van der Waals surface area contributed by atoms with E-state index in [1.54, 1.807) is 0 Å². The van der Waals surface area contributed by atoms with Crippen LogP contribution in [0.4, 0.5) is 26.3 Å². The average molecular weight is 322 g/mol. The molecule has 21 heavy (non-hydrogen) atoms. The molecular weight excluding hydrogens is 310 g/mol. The molecule has 0 aliphatic carbocycles. The largest absolute Gasteiger partial charge is 0.480 e. The third-order valence-electron chi connectivity index (χ3n) is 2.94. The van der Waals surface area contributed by atoms with Crippen LogP contribution in [0.2, 0.25) is 0 Å². The molecule has 0 saturated carbocycles. The van der Waals surface area contributed by atoms with E-state index < -0.39 is 30.1 Å². The summed E-state index contributed by atoms with van der Waals surface area (Å²) in [5, 5.41) is 8.52. The molecule has 1 saturated heterocycles. The Balaban J connectivity index is 2.73. The lowest BCUT2D eigenvalue weighted by Gasteiger charge is -2.36. The van der Waals surface area contributed by atoms with Gasteiger partial charge in [0, 0.05) is 26.2 Å². The highest BCUT2D eigenvalue weighted by molar-refractivity contribution is 5.80. The third kappa shape index (κ3) is 4.76. The van der Waals surface area contributed by atoms with Gasteiger partial charge in [-0.05, 0) is 0 Å². The summed E-state index contributed by atoms with van der Waals surface area (Å²) < 4.78 is 74.5. The molecule has 1 amide bonds. The van der Waals surface area contributed by atoms with Gasteiger partial charge in [-0.15, -0.1) is 0 Å². The minimum absolute atomic E-state index is 0.0968. The summed E-state index contributed by atoms with van der Waals surface area (Å²) in [5.74, 6) is -7.26. The van der Waals surface area contributed by atoms with Crippen LogP contribution in [0.15, 0.2) is 0 Å². The van der Waals surface area contributed by atoms with E-state index in [1.165, 1.54) is 4.90 Å². The quantitative estimate of drug-likeness (QED) is 0.786. The summed E-state index contributed by atoms with van der Waals surface area (Å²) in [5.41, 5.74) is 0. The lowest BCUT2D eigenvalue weighted by Crippen LogP contribution is -2.55. The molecule has 1 fully saturated rings. The monoisotopic (exact) mass is 322 g/mol. The van der Waals surface area contributed by atoms with Gasteiger partial charge in [-0.2, -0.15) is 26.3 Å². The molecule has 122 valence electrons. The van der Waals surface area contributed by atoms with E-state index in [1.807, 2.05) is 0 Å². The smallest absolute Gasteiger partial charge is 0.409 e. The Morgan fingerprint density at radius 2 is 1.38 bits per heavy atom. The van der Waals surface area contributed by atoms with Crippen molar-refractivity contribution in [2.45, 2.75) is 12.4 Å². The van der Waals surface area contributed by atoms with Crippen molar-refractivity contribution in [3.8, 4) is 0 Å². The zero-order valence-electron chi connectivity index (χ0n) is 10.5.